The molecule has 3 rings (SSSR count). The minimum atomic E-state index is 0.773. The smallest absolute Gasteiger partial charge is 0.105 e. The van der Waals surface area contributed by atoms with Gasteiger partial charge in [-0.3, -0.25) is 0 Å². The Kier molecular flexibility index (Phi) is 3.86. The maximum atomic E-state index is 6.40. The van der Waals surface area contributed by atoms with Crippen LogP contribution in [-0.4, -0.2) is 7.11 Å². The first kappa shape index (κ1) is 13.7. The van der Waals surface area contributed by atoms with Crippen molar-refractivity contribution in [2.75, 3.05) is 7.11 Å². The largest absolute Gasteiger partial charge is 0.500 e. The van der Waals surface area contributed by atoms with E-state index in [0.29, 0.717) is 0 Å². The molecule has 0 saturated carbocycles. The van der Waals surface area contributed by atoms with Crippen LogP contribution in [0.5, 0.6) is 0 Å². The van der Waals surface area contributed by atoms with E-state index in [1.54, 1.807) is 7.11 Å². The molecule has 0 aliphatic heterocycles. The van der Waals surface area contributed by atoms with Gasteiger partial charge in [0.05, 0.1) is 7.11 Å². The second-order valence-electron chi connectivity index (χ2n) is 4.77. The highest BCUT2D eigenvalue weighted by Crippen LogP contribution is 2.38. The van der Waals surface area contributed by atoms with E-state index in [9.17, 15) is 0 Å². The van der Waals surface area contributed by atoms with Crippen molar-refractivity contribution in [1.29, 1.82) is 0 Å². The lowest BCUT2D eigenvalue weighted by Crippen LogP contribution is -2.00. The summed E-state index contributed by atoms with van der Waals surface area (Å²) < 4.78 is 6.59. The van der Waals surface area contributed by atoms with Crippen LogP contribution in [0, 0.1) is 0 Å². The average Bonchev–Trinajstić information content (AvgIpc) is 2.46. The van der Waals surface area contributed by atoms with Crippen LogP contribution >= 0.6 is 27.5 Å². The van der Waals surface area contributed by atoms with Crippen LogP contribution in [0.1, 0.15) is 18.4 Å². The van der Waals surface area contributed by atoms with Crippen LogP contribution in [0.3, 0.4) is 0 Å². The molecule has 1 aliphatic rings. The van der Waals surface area contributed by atoms with E-state index in [1.165, 1.54) is 10.8 Å². The number of hydrogen-bond acceptors (Lipinski definition) is 1. The highest BCUT2D eigenvalue weighted by Gasteiger charge is 2.18. The molecule has 2 aromatic carbocycles. The third kappa shape index (κ3) is 2.38. The molecular weight excluding hydrogens is 336 g/mol. The first-order valence-corrected chi connectivity index (χ1v) is 7.69. The van der Waals surface area contributed by atoms with Gasteiger partial charge in [0.25, 0.3) is 0 Å². The molecule has 0 spiro atoms. The van der Waals surface area contributed by atoms with Gasteiger partial charge in [0.2, 0.25) is 0 Å². The molecule has 0 amide bonds. The van der Waals surface area contributed by atoms with Crippen molar-refractivity contribution in [2.45, 2.75) is 12.8 Å². The number of fused-ring (bicyclic) bond motifs is 1. The van der Waals surface area contributed by atoms with E-state index in [1.807, 2.05) is 12.1 Å². The molecular formula is C17H14BrClO. The normalized spacial score (nSPS) is 15.4. The van der Waals surface area contributed by atoms with Crippen molar-refractivity contribution in [3.8, 4) is 0 Å². The lowest BCUT2D eigenvalue weighted by Gasteiger charge is -2.18. The van der Waals surface area contributed by atoms with Crippen molar-refractivity contribution in [3.05, 3.63) is 63.3 Å². The van der Waals surface area contributed by atoms with Crippen LogP contribution in [-0.2, 0) is 4.74 Å². The predicted octanol–water partition coefficient (Wildman–Crippen LogP) is 5.88. The van der Waals surface area contributed by atoms with Gasteiger partial charge in [0.15, 0.2) is 0 Å². The first-order valence-electron chi connectivity index (χ1n) is 6.52. The summed E-state index contributed by atoms with van der Waals surface area (Å²) in [6, 6.07) is 12.6. The molecule has 0 N–H and O–H groups in total. The van der Waals surface area contributed by atoms with Crippen LogP contribution in [0.15, 0.2) is 57.7 Å². The van der Waals surface area contributed by atoms with Gasteiger partial charge in [0, 0.05) is 21.5 Å². The van der Waals surface area contributed by atoms with Crippen LogP contribution in [0.25, 0.3) is 16.3 Å². The molecule has 0 heterocycles. The standard InChI is InChI=1S/C17H14BrClO/c1-20-16-8-4-7-15(19)17(16)12-9-11-5-2-3-6-13(11)14(18)10-12/h2-3,5-7,9-10H,4,8H2,1H3. The van der Waals surface area contributed by atoms with Crippen molar-refractivity contribution < 1.29 is 4.74 Å². The quantitative estimate of drug-likeness (QED) is 0.658. The Morgan fingerprint density at radius 2 is 2.00 bits per heavy atom. The minimum Gasteiger partial charge on any atom is -0.500 e. The molecule has 0 bridgehead atoms. The molecule has 20 heavy (non-hydrogen) atoms. The lowest BCUT2D eigenvalue weighted by molar-refractivity contribution is 0.279. The zero-order chi connectivity index (χ0) is 14.1. The van der Waals surface area contributed by atoms with Gasteiger partial charge in [-0.1, -0.05) is 57.9 Å². The molecule has 0 atom stereocenters. The van der Waals surface area contributed by atoms with Crippen LogP contribution in [0.4, 0.5) is 0 Å². The Morgan fingerprint density at radius 1 is 1.20 bits per heavy atom. The number of hydrogen-bond donors (Lipinski definition) is 0. The number of rotatable bonds is 2. The van der Waals surface area contributed by atoms with E-state index >= 15 is 0 Å². The number of ether oxygens (including phenoxy) is 1. The number of halogens is 2. The third-order valence-corrected chi connectivity index (χ3v) is 4.56. The molecule has 2 aromatic rings. The summed E-state index contributed by atoms with van der Waals surface area (Å²) in [5.74, 6) is 0.958. The van der Waals surface area contributed by atoms with Gasteiger partial charge in [-0.25, -0.2) is 0 Å². The van der Waals surface area contributed by atoms with Crippen molar-refractivity contribution in [3.63, 3.8) is 0 Å². The molecule has 0 fully saturated rings. The van der Waals surface area contributed by atoms with Crippen LogP contribution < -0.4 is 0 Å². The Labute approximate surface area is 132 Å². The van der Waals surface area contributed by atoms with Crippen molar-refractivity contribution in [1.82, 2.24) is 0 Å². The fourth-order valence-corrected chi connectivity index (χ4v) is 3.53. The van der Waals surface area contributed by atoms with E-state index in [2.05, 4.69) is 46.3 Å². The Bertz CT molecular complexity index is 731. The van der Waals surface area contributed by atoms with Gasteiger partial charge in [-0.15, -0.1) is 0 Å². The molecule has 102 valence electrons. The van der Waals surface area contributed by atoms with Gasteiger partial charge in [-0.05, 0) is 34.9 Å². The average molecular weight is 350 g/mol. The monoisotopic (exact) mass is 348 g/mol. The number of methoxy groups -OCH3 is 1. The highest BCUT2D eigenvalue weighted by molar-refractivity contribution is 9.10. The van der Waals surface area contributed by atoms with Crippen molar-refractivity contribution in [2.24, 2.45) is 0 Å². The molecule has 0 radical (unpaired) electrons. The zero-order valence-electron chi connectivity index (χ0n) is 11.1. The van der Waals surface area contributed by atoms with Gasteiger partial charge in [-0.2, -0.15) is 0 Å². The molecule has 1 aliphatic carbocycles. The lowest BCUT2D eigenvalue weighted by atomic mass is 9.95. The Hall–Kier alpha value is -1.25. The molecule has 1 nitrogen and oxygen atoms in total. The molecule has 0 saturated heterocycles. The van der Waals surface area contributed by atoms with E-state index in [0.717, 1.165) is 39.2 Å². The van der Waals surface area contributed by atoms with E-state index in [4.69, 9.17) is 16.3 Å². The Balaban J connectivity index is 2.24. The minimum absolute atomic E-state index is 0.773. The van der Waals surface area contributed by atoms with Gasteiger partial charge in [0.1, 0.15) is 5.76 Å². The second kappa shape index (κ2) is 5.63. The fourth-order valence-electron chi connectivity index (χ4n) is 2.60. The number of benzene rings is 2. The summed E-state index contributed by atoms with van der Waals surface area (Å²) in [6.45, 7) is 0. The maximum Gasteiger partial charge on any atom is 0.105 e. The van der Waals surface area contributed by atoms with Crippen LogP contribution in [0.2, 0.25) is 0 Å². The zero-order valence-corrected chi connectivity index (χ0v) is 13.5. The summed E-state index contributed by atoms with van der Waals surface area (Å²) in [5, 5.41) is 3.16. The second-order valence-corrected chi connectivity index (χ2v) is 6.03. The predicted molar refractivity (Wildman–Crippen MR) is 88.7 cm³/mol. The Morgan fingerprint density at radius 3 is 2.80 bits per heavy atom. The van der Waals surface area contributed by atoms with E-state index < -0.39 is 0 Å². The summed E-state index contributed by atoms with van der Waals surface area (Å²) in [5.41, 5.74) is 2.10. The molecule has 0 aromatic heterocycles. The van der Waals surface area contributed by atoms with Gasteiger partial charge < -0.3 is 4.74 Å². The third-order valence-electron chi connectivity index (χ3n) is 3.56. The highest BCUT2D eigenvalue weighted by atomic mass is 79.9. The summed E-state index contributed by atoms with van der Waals surface area (Å²) in [7, 11) is 1.71. The summed E-state index contributed by atoms with van der Waals surface area (Å²) >= 11 is 10.1. The van der Waals surface area contributed by atoms with Gasteiger partial charge >= 0.3 is 0 Å². The molecule has 3 heteroatoms. The summed E-state index contributed by atoms with van der Waals surface area (Å²) in [6.07, 6.45) is 3.88. The number of allylic oxidation sites excluding steroid dienone is 4. The van der Waals surface area contributed by atoms with Crippen molar-refractivity contribution >= 4 is 43.9 Å². The molecule has 0 unspecified atom stereocenters. The maximum absolute atomic E-state index is 6.40. The fraction of sp³-hybridized carbons (Fsp3) is 0.176. The topological polar surface area (TPSA) is 9.23 Å². The SMILES string of the molecule is COC1=C(c2cc(Br)c3ccccc3c2)C(Cl)=CCC1. The first-order chi connectivity index (χ1) is 9.70. The van der Waals surface area contributed by atoms with E-state index in [-0.39, 0.29) is 0 Å². The summed E-state index contributed by atoms with van der Waals surface area (Å²) in [4.78, 5) is 0.